The first kappa shape index (κ1) is 15.7. The van der Waals surface area contributed by atoms with E-state index >= 15 is 0 Å². The van der Waals surface area contributed by atoms with Gasteiger partial charge in [-0.2, -0.15) is 0 Å². The largest absolute Gasteiger partial charge is 0.333 e. The third-order valence-electron chi connectivity index (χ3n) is 0. The molecule has 0 amide bonds. The first-order valence-electron chi connectivity index (χ1n) is 2.37. The predicted octanol–water partition coefficient (Wildman–Crippen LogP) is 2.00. The van der Waals surface area contributed by atoms with Crippen molar-refractivity contribution in [1.29, 1.82) is 0 Å². The molecule has 0 atom stereocenters. The zero-order valence-corrected chi connectivity index (χ0v) is 7.25. The maximum atomic E-state index is 4.50. The summed E-state index contributed by atoms with van der Waals surface area (Å²) in [5.74, 6) is 1.81. The monoisotopic (exact) mass is 169 g/mol. The Balaban J connectivity index is -0.0000000360. The van der Waals surface area contributed by atoms with Crippen LogP contribution in [0.4, 0.5) is 0 Å². The third-order valence-corrected chi connectivity index (χ3v) is 0. The summed E-state index contributed by atoms with van der Waals surface area (Å²) < 4.78 is 0. The van der Waals surface area contributed by atoms with Gasteiger partial charge in [-0.05, 0) is 12.9 Å². The average Bonchev–Trinajstić information content (AvgIpc) is 1.78. The van der Waals surface area contributed by atoms with Crippen LogP contribution in [0.25, 0.3) is 0 Å². The molecule has 1 nitrogen and oxygen atoms in total. The van der Waals surface area contributed by atoms with Gasteiger partial charge >= 0.3 is 0 Å². The lowest BCUT2D eigenvalue weighted by molar-refractivity contribution is 1.09. The van der Waals surface area contributed by atoms with Crippen LogP contribution in [0.3, 0.4) is 0 Å². The van der Waals surface area contributed by atoms with E-state index in [1.807, 2.05) is 5.83 Å². The number of halogens is 1. The minimum atomic E-state index is 1.25. The highest BCUT2D eigenvalue weighted by Crippen LogP contribution is 1.56. The molecular formula is C5H16BrN. The first-order chi connectivity index (χ1) is 3.41. The van der Waals surface area contributed by atoms with E-state index in [1.165, 1.54) is 13.5 Å². The van der Waals surface area contributed by atoms with Gasteiger partial charge in [0.1, 0.15) is 0 Å². The molecule has 0 saturated heterocycles. The summed E-state index contributed by atoms with van der Waals surface area (Å²) >= 11 is 2.94. The summed E-state index contributed by atoms with van der Waals surface area (Å²) in [4.78, 5) is 0. The van der Waals surface area contributed by atoms with Gasteiger partial charge in [-0.15, -0.1) is 0 Å². The molecule has 0 bridgehead atoms. The molecule has 0 aromatic rings. The van der Waals surface area contributed by atoms with Gasteiger partial charge < -0.3 is 5.73 Å². The lowest BCUT2D eigenvalue weighted by atomic mass is 10.6. The third kappa shape index (κ3) is 656. The molecule has 0 aromatic heterocycles. The topological polar surface area (TPSA) is 26.0 Å². The van der Waals surface area contributed by atoms with Gasteiger partial charge in [0.2, 0.25) is 0 Å². The molecule has 0 rings (SSSR count). The summed E-state index contributed by atoms with van der Waals surface area (Å²) in [5.41, 5.74) is 4.50. The molecule has 0 saturated carbocycles. The Bertz CT molecular complexity index is 8.04. The smallest absolute Gasteiger partial charge is 0.00848 e. The number of alkyl halides is 1. The molecule has 0 aliphatic rings. The molecule has 0 radical (unpaired) electrons. The maximum Gasteiger partial charge on any atom is -0.00848 e. The molecule has 0 aliphatic heterocycles. The lowest BCUT2D eigenvalue weighted by Gasteiger charge is -1.48. The van der Waals surface area contributed by atoms with Gasteiger partial charge in [-0.25, -0.2) is 0 Å². The predicted molar refractivity (Wildman–Crippen MR) is 40.9 cm³/mol. The van der Waals surface area contributed by atoms with Crippen molar-refractivity contribution in [3.05, 3.63) is 0 Å². The molecule has 48 valence electrons. The molecule has 2 heteroatoms. The average molecular weight is 170 g/mol. The van der Waals surface area contributed by atoms with Crippen molar-refractivity contribution in [2.45, 2.75) is 20.3 Å². The molecule has 0 fully saturated rings. The summed E-state index contributed by atoms with van der Waals surface area (Å²) in [5, 5.41) is 0. The van der Waals surface area contributed by atoms with Gasteiger partial charge in [-0.3, -0.25) is 0 Å². The molecule has 0 aromatic carbocycles. The van der Waals surface area contributed by atoms with E-state index in [4.69, 9.17) is 0 Å². The first-order valence-corrected chi connectivity index (χ1v) is 3.96. The van der Waals surface area contributed by atoms with Crippen LogP contribution in [-0.4, -0.2) is 12.9 Å². The number of nitrogens with two attached hydrogens (primary N) is 1. The molecular weight excluding hydrogens is 154 g/mol. The highest BCUT2D eigenvalue weighted by Gasteiger charge is 1.35. The van der Waals surface area contributed by atoms with Crippen LogP contribution < -0.4 is 5.73 Å². The van der Waals surface area contributed by atoms with E-state index in [-0.39, 0.29) is 0 Å². The highest BCUT2D eigenvalue weighted by atomic mass is 79.9. The van der Waals surface area contributed by atoms with Crippen molar-refractivity contribution in [1.82, 2.24) is 0 Å². The Kier molecular flexibility index (Phi) is 206. The molecule has 2 N–H and O–H groups in total. The van der Waals surface area contributed by atoms with E-state index < -0.39 is 0 Å². The Hall–Kier alpha value is 0.440. The Morgan fingerprint density at radius 3 is 1.14 bits per heavy atom. The van der Waals surface area contributed by atoms with Crippen molar-refractivity contribution in [3.63, 3.8) is 0 Å². The fourth-order valence-corrected chi connectivity index (χ4v) is 0. The van der Waals surface area contributed by atoms with Gasteiger partial charge in [0.15, 0.2) is 0 Å². The quantitative estimate of drug-likeness (QED) is 0.553. The van der Waals surface area contributed by atoms with Crippen LogP contribution in [-0.2, 0) is 0 Å². The van der Waals surface area contributed by atoms with Crippen molar-refractivity contribution in [2.24, 2.45) is 5.73 Å². The highest BCUT2D eigenvalue weighted by molar-refractivity contribution is 9.08. The van der Waals surface area contributed by atoms with Crippen molar-refractivity contribution >= 4 is 15.9 Å². The van der Waals surface area contributed by atoms with Crippen molar-refractivity contribution < 1.29 is 0 Å². The molecule has 0 aliphatic carbocycles. The summed E-state index contributed by atoms with van der Waals surface area (Å²) in [6, 6.07) is 0. The van der Waals surface area contributed by atoms with Crippen LogP contribution in [0.2, 0.25) is 0 Å². The van der Waals surface area contributed by atoms with Crippen LogP contribution in [0.15, 0.2) is 0 Å². The molecule has 0 spiro atoms. The Morgan fingerprint density at radius 2 is 1.14 bits per heavy atom. The van der Waals surface area contributed by atoms with Gasteiger partial charge in [0.05, 0.1) is 0 Å². The maximum absolute atomic E-state index is 4.50. The second-order valence-electron chi connectivity index (χ2n) is 0.707. The fraction of sp³-hybridized carbons (Fsp3) is 1.00. The SMILES string of the molecule is CBr.CCC.CN. The second-order valence-corrected chi connectivity index (χ2v) is 0.707. The zero-order valence-electron chi connectivity index (χ0n) is 5.66. The molecule has 0 unspecified atom stereocenters. The summed E-state index contributed by atoms with van der Waals surface area (Å²) in [6.07, 6.45) is 1.25. The van der Waals surface area contributed by atoms with Crippen molar-refractivity contribution in [3.8, 4) is 0 Å². The van der Waals surface area contributed by atoms with Crippen LogP contribution >= 0.6 is 15.9 Å². The van der Waals surface area contributed by atoms with E-state index in [2.05, 4.69) is 35.5 Å². The zero-order chi connectivity index (χ0) is 6.71. The Labute approximate surface area is 55.4 Å². The van der Waals surface area contributed by atoms with Gasteiger partial charge in [0, 0.05) is 0 Å². The van der Waals surface area contributed by atoms with E-state index in [9.17, 15) is 0 Å². The minimum absolute atomic E-state index is 1.25. The summed E-state index contributed by atoms with van der Waals surface area (Å²) in [7, 11) is 1.50. The number of hydrogen-bond acceptors (Lipinski definition) is 1. The normalized spacial score (nSPS) is 4.29. The standard InChI is InChI=1S/C3H8.CH3Br.CH5N/c1-3-2;2*1-2/h3H2,1-2H3;1H3;2H2,1H3. The molecule has 0 heterocycles. The van der Waals surface area contributed by atoms with E-state index in [0.29, 0.717) is 0 Å². The van der Waals surface area contributed by atoms with Crippen molar-refractivity contribution in [2.75, 3.05) is 12.9 Å². The minimum Gasteiger partial charge on any atom is -0.333 e. The lowest BCUT2D eigenvalue weighted by Crippen LogP contribution is -1.69. The van der Waals surface area contributed by atoms with Crippen LogP contribution in [0.5, 0.6) is 0 Å². The van der Waals surface area contributed by atoms with Gasteiger partial charge in [-0.1, -0.05) is 36.2 Å². The van der Waals surface area contributed by atoms with Gasteiger partial charge in [0.25, 0.3) is 0 Å². The van der Waals surface area contributed by atoms with Crippen LogP contribution in [0.1, 0.15) is 20.3 Å². The summed E-state index contributed by atoms with van der Waals surface area (Å²) in [6.45, 7) is 4.25. The fourth-order valence-electron chi connectivity index (χ4n) is 0. The molecule has 7 heavy (non-hydrogen) atoms. The van der Waals surface area contributed by atoms with E-state index in [0.717, 1.165) is 0 Å². The Morgan fingerprint density at radius 1 is 1.14 bits per heavy atom. The van der Waals surface area contributed by atoms with Crippen LogP contribution in [0, 0.1) is 0 Å². The number of rotatable bonds is 0. The second kappa shape index (κ2) is 91.9. The van der Waals surface area contributed by atoms with E-state index in [1.54, 1.807) is 0 Å². The number of hydrogen-bond donors (Lipinski definition) is 1.